The fraction of sp³-hybridized carbons (Fsp3) is 0.250. The monoisotopic (exact) mass is 452 g/mol. The molecule has 0 N–H and O–H groups in total. The van der Waals surface area contributed by atoms with Crippen molar-refractivity contribution in [2.45, 2.75) is 19.3 Å². The second-order valence-corrected chi connectivity index (χ2v) is 5.97. The molecule has 1 aromatic heterocycles. The van der Waals surface area contributed by atoms with Gasteiger partial charge in [-0.3, -0.25) is 0 Å². The molecule has 1 unspecified atom stereocenters. The summed E-state index contributed by atoms with van der Waals surface area (Å²) in [5.41, 5.74) is 1.23. The van der Waals surface area contributed by atoms with Gasteiger partial charge in [0, 0.05) is 0 Å². The van der Waals surface area contributed by atoms with Crippen LogP contribution in [0, 0.1) is 7.40 Å². The van der Waals surface area contributed by atoms with Crippen molar-refractivity contribution < 1.29 is 4.74 Å². The first-order valence-electron chi connectivity index (χ1n) is 5.32. The summed E-state index contributed by atoms with van der Waals surface area (Å²) in [6.45, 7) is 1.45. The second-order valence-electron chi connectivity index (χ2n) is 3.93. The summed E-state index contributed by atoms with van der Waals surface area (Å²) in [5, 5.41) is 0. The van der Waals surface area contributed by atoms with E-state index >= 15 is 0 Å². The normalized spacial score (nSPS) is 19.1. The maximum atomic E-state index is 5.87. The van der Waals surface area contributed by atoms with Crippen LogP contribution in [0.1, 0.15) is 17.5 Å². The maximum absolute atomic E-state index is 5.87. The van der Waals surface area contributed by atoms with Gasteiger partial charge in [-0.2, -0.15) is 0 Å². The third-order valence-electron chi connectivity index (χ3n) is 2.88. The third kappa shape index (κ3) is 2.24. The summed E-state index contributed by atoms with van der Waals surface area (Å²) >= 11 is 4.62. The summed E-state index contributed by atoms with van der Waals surface area (Å²) in [7, 11) is 0. The lowest BCUT2D eigenvalue weighted by atomic mass is 10.1. The highest BCUT2D eigenvalue weighted by molar-refractivity contribution is 14.1. The number of halogens is 2. The number of fused-ring (bicyclic) bond motifs is 1. The number of aromatic nitrogens is 2. The van der Waals surface area contributed by atoms with E-state index in [0.29, 0.717) is 6.61 Å². The fourth-order valence-corrected chi connectivity index (χ4v) is 3.17. The van der Waals surface area contributed by atoms with E-state index in [1.165, 1.54) is 9.26 Å². The lowest BCUT2D eigenvalue weighted by molar-refractivity contribution is -0.000246. The largest absolute Gasteiger partial charge is 0.364 e. The Bertz CT molecular complexity index is 539. The van der Waals surface area contributed by atoms with E-state index < -0.39 is 0 Å². The lowest BCUT2D eigenvalue weighted by Gasteiger charge is -2.25. The predicted molar refractivity (Wildman–Crippen MR) is 81.6 cm³/mol. The van der Waals surface area contributed by atoms with Gasteiger partial charge < -0.3 is 9.30 Å². The number of rotatable bonds is 1. The zero-order chi connectivity index (χ0) is 11.8. The molecule has 0 fully saturated rings. The van der Waals surface area contributed by atoms with Crippen LogP contribution in [-0.4, -0.2) is 9.55 Å². The van der Waals surface area contributed by atoms with Crippen LogP contribution < -0.4 is 0 Å². The van der Waals surface area contributed by atoms with Gasteiger partial charge >= 0.3 is 0 Å². The van der Waals surface area contributed by atoms with Gasteiger partial charge in [0.2, 0.25) is 0 Å². The van der Waals surface area contributed by atoms with Crippen molar-refractivity contribution in [3.63, 3.8) is 0 Å². The molecule has 0 radical (unpaired) electrons. The van der Waals surface area contributed by atoms with Crippen molar-refractivity contribution in [3.8, 4) is 0 Å². The highest BCUT2D eigenvalue weighted by atomic mass is 127. The smallest absolute Gasteiger partial charge is 0.137 e. The highest BCUT2D eigenvalue weighted by Gasteiger charge is 2.24. The number of hydrogen-bond donors (Lipinski definition) is 0. The standard InChI is InChI=1S/C12H10I2N2O/c13-11-12(14)16-6-9(17-7-10(16)15-11)8-4-2-1-3-5-8/h1-5,9H,6-7H2. The summed E-state index contributed by atoms with van der Waals surface area (Å²) in [6.07, 6.45) is 0.141. The molecular formula is C12H10I2N2O. The Morgan fingerprint density at radius 3 is 2.76 bits per heavy atom. The van der Waals surface area contributed by atoms with Crippen molar-refractivity contribution >= 4 is 45.2 Å². The topological polar surface area (TPSA) is 27.1 Å². The van der Waals surface area contributed by atoms with Crippen LogP contribution >= 0.6 is 45.2 Å². The SMILES string of the molecule is Ic1nc2n(c1I)CC(c1ccccc1)OC2. The molecule has 1 aromatic carbocycles. The van der Waals surface area contributed by atoms with Gasteiger partial charge in [-0.25, -0.2) is 4.98 Å². The predicted octanol–water partition coefficient (Wildman–Crippen LogP) is 3.36. The minimum atomic E-state index is 0.141. The molecule has 17 heavy (non-hydrogen) atoms. The third-order valence-corrected chi connectivity index (χ3v) is 5.76. The molecule has 2 heterocycles. The van der Waals surface area contributed by atoms with Gasteiger partial charge in [0.25, 0.3) is 0 Å². The van der Waals surface area contributed by atoms with E-state index in [4.69, 9.17) is 4.74 Å². The molecule has 0 aliphatic carbocycles. The van der Waals surface area contributed by atoms with Crippen molar-refractivity contribution in [1.82, 2.24) is 9.55 Å². The molecular weight excluding hydrogens is 442 g/mol. The average Bonchev–Trinajstić information content (AvgIpc) is 2.66. The zero-order valence-corrected chi connectivity index (χ0v) is 13.3. The summed E-state index contributed by atoms with van der Waals surface area (Å²) < 4.78 is 10.4. The molecule has 3 rings (SSSR count). The zero-order valence-electron chi connectivity index (χ0n) is 8.94. The quantitative estimate of drug-likeness (QED) is 0.621. The van der Waals surface area contributed by atoms with Gasteiger partial charge in [-0.1, -0.05) is 30.3 Å². The molecule has 0 bridgehead atoms. The van der Waals surface area contributed by atoms with Gasteiger partial charge in [-0.05, 0) is 50.7 Å². The number of hydrogen-bond acceptors (Lipinski definition) is 2. The number of benzene rings is 1. The van der Waals surface area contributed by atoms with E-state index in [2.05, 4.69) is 79.0 Å². The van der Waals surface area contributed by atoms with Crippen molar-refractivity contribution in [1.29, 1.82) is 0 Å². The minimum absolute atomic E-state index is 0.141. The van der Waals surface area contributed by atoms with Crippen LogP contribution in [0.4, 0.5) is 0 Å². The van der Waals surface area contributed by atoms with Crippen LogP contribution in [0.2, 0.25) is 0 Å². The average molecular weight is 452 g/mol. The molecule has 0 amide bonds. The van der Waals surface area contributed by atoms with Crippen LogP contribution in [0.3, 0.4) is 0 Å². The van der Waals surface area contributed by atoms with Crippen LogP contribution in [0.25, 0.3) is 0 Å². The van der Waals surface area contributed by atoms with Gasteiger partial charge in [-0.15, -0.1) is 0 Å². The van der Waals surface area contributed by atoms with Crippen molar-refractivity contribution in [2.75, 3.05) is 0 Å². The number of nitrogens with zero attached hydrogens (tertiary/aromatic N) is 2. The van der Waals surface area contributed by atoms with Crippen LogP contribution in [0.15, 0.2) is 30.3 Å². The van der Waals surface area contributed by atoms with Crippen molar-refractivity contribution in [3.05, 3.63) is 49.1 Å². The van der Waals surface area contributed by atoms with Gasteiger partial charge in [0.05, 0.1) is 6.54 Å². The number of ether oxygens (including phenoxy) is 1. The minimum Gasteiger partial charge on any atom is -0.364 e. The Morgan fingerprint density at radius 2 is 2.00 bits per heavy atom. The summed E-state index contributed by atoms with van der Waals surface area (Å²) in [5.74, 6) is 1.03. The van der Waals surface area contributed by atoms with Crippen LogP contribution in [0.5, 0.6) is 0 Å². The summed E-state index contributed by atoms with van der Waals surface area (Å²) in [6, 6.07) is 10.4. The number of imidazole rings is 1. The Hall–Kier alpha value is -0.150. The first-order valence-corrected chi connectivity index (χ1v) is 7.48. The van der Waals surface area contributed by atoms with E-state index in [-0.39, 0.29) is 6.10 Å². The Labute approximate surface area is 127 Å². The fourth-order valence-electron chi connectivity index (χ4n) is 2.00. The lowest BCUT2D eigenvalue weighted by Crippen LogP contribution is -2.22. The Morgan fingerprint density at radius 1 is 1.24 bits per heavy atom. The Kier molecular flexibility index (Phi) is 3.40. The van der Waals surface area contributed by atoms with Crippen molar-refractivity contribution in [2.24, 2.45) is 0 Å². The molecule has 5 heteroatoms. The Balaban J connectivity index is 1.93. The van der Waals surface area contributed by atoms with E-state index in [0.717, 1.165) is 16.1 Å². The van der Waals surface area contributed by atoms with Crippen LogP contribution in [-0.2, 0) is 17.9 Å². The molecule has 0 saturated heterocycles. The molecule has 88 valence electrons. The van der Waals surface area contributed by atoms with E-state index in [1.54, 1.807) is 0 Å². The molecule has 2 aromatic rings. The molecule has 0 saturated carbocycles. The second kappa shape index (κ2) is 4.85. The molecule has 0 spiro atoms. The molecule has 3 nitrogen and oxygen atoms in total. The first kappa shape index (κ1) is 11.9. The molecule has 1 aliphatic rings. The van der Waals surface area contributed by atoms with E-state index in [1.807, 2.05) is 6.07 Å². The highest BCUT2D eigenvalue weighted by Crippen LogP contribution is 2.29. The first-order chi connectivity index (χ1) is 8.25. The van der Waals surface area contributed by atoms with Gasteiger partial charge in [0.1, 0.15) is 25.9 Å². The maximum Gasteiger partial charge on any atom is 0.137 e. The summed E-state index contributed by atoms with van der Waals surface area (Å²) in [4.78, 5) is 4.50. The van der Waals surface area contributed by atoms with Gasteiger partial charge in [0.15, 0.2) is 0 Å². The molecule has 1 atom stereocenters. The van der Waals surface area contributed by atoms with E-state index in [9.17, 15) is 0 Å². The molecule has 1 aliphatic heterocycles.